The third-order valence-electron chi connectivity index (χ3n) is 3.97. The van der Waals surface area contributed by atoms with E-state index in [1.807, 2.05) is 12.1 Å². The van der Waals surface area contributed by atoms with Gasteiger partial charge in [0, 0.05) is 19.7 Å². The average molecular weight is 261 g/mol. The Morgan fingerprint density at radius 3 is 2.53 bits per heavy atom. The maximum absolute atomic E-state index is 11.8. The molecular weight excluding hydrogens is 238 g/mol. The van der Waals surface area contributed by atoms with Crippen molar-refractivity contribution in [3.05, 3.63) is 29.3 Å². The van der Waals surface area contributed by atoms with Gasteiger partial charge in [-0.15, -0.1) is 0 Å². The van der Waals surface area contributed by atoms with Crippen LogP contribution in [0.15, 0.2) is 18.2 Å². The summed E-state index contributed by atoms with van der Waals surface area (Å²) >= 11 is 0. The highest BCUT2D eigenvalue weighted by Gasteiger charge is 2.17. The number of amides is 1. The van der Waals surface area contributed by atoms with Crippen molar-refractivity contribution >= 4 is 5.91 Å². The number of carbonyl (C=O) groups is 1. The molecule has 0 aliphatic heterocycles. The van der Waals surface area contributed by atoms with Crippen LogP contribution in [0.2, 0.25) is 0 Å². The van der Waals surface area contributed by atoms with E-state index in [-0.39, 0.29) is 11.7 Å². The van der Waals surface area contributed by atoms with Gasteiger partial charge < -0.3 is 10.0 Å². The molecule has 0 aromatic heterocycles. The molecule has 0 atom stereocenters. The second-order valence-corrected chi connectivity index (χ2v) is 5.75. The van der Waals surface area contributed by atoms with E-state index in [0.717, 1.165) is 12.0 Å². The first kappa shape index (κ1) is 13.9. The normalized spacial score (nSPS) is 16.3. The second kappa shape index (κ2) is 6.09. The van der Waals surface area contributed by atoms with Crippen LogP contribution in [-0.4, -0.2) is 30.0 Å². The summed E-state index contributed by atoms with van der Waals surface area (Å²) in [6.07, 6.45) is 7.42. The fourth-order valence-corrected chi connectivity index (χ4v) is 2.83. The number of hydrogen-bond donors (Lipinski definition) is 1. The van der Waals surface area contributed by atoms with Crippen LogP contribution in [0.25, 0.3) is 0 Å². The summed E-state index contributed by atoms with van der Waals surface area (Å²) in [5.41, 5.74) is 1.53. The molecule has 3 nitrogen and oxygen atoms in total. The van der Waals surface area contributed by atoms with Gasteiger partial charge in [0.05, 0.1) is 0 Å². The van der Waals surface area contributed by atoms with Crippen molar-refractivity contribution in [2.24, 2.45) is 5.92 Å². The molecule has 1 aliphatic rings. The Morgan fingerprint density at radius 2 is 1.95 bits per heavy atom. The summed E-state index contributed by atoms with van der Waals surface area (Å²) in [5.74, 6) is 0.882. The van der Waals surface area contributed by atoms with Gasteiger partial charge in [0.15, 0.2) is 0 Å². The highest BCUT2D eigenvalue weighted by Crippen LogP contribution is 2.30. The van der Waals surface area contributed by atoms with Crippen molar-refractivity contribution < 1.29 is 9.90 Å². The molecule has 104 valence electrons. The van der Waals surface area contributed by atoms with Crippen LogP contribution in [-0.2, 0) is 6.42 Å². The van der Waals surface area contributed by atoms with Crippen molar-refractivity contribution in [1.29, 1.82) is 0 Å². The van der Waals surface area contributed by atoms with Crippen molar-refractivity contribution in [2.45, 2.75) is 38.5 Å². The molecule has 0 heterocycles. The fraction of sp³-hybridized carbons (Fsp3) is 0.562. The Labute approximate surface area is 115 Å². The lowest BCUT2D eigenvalue weighted by atomic mass is 9.84. The van der Waals surface area contributed by atoms with Gasteiger partial charge >= 0.3 is 0 Å². The molecule has 2 rings (SSSR count). The maximum Gasteiger partial charge on any atom is 0.253 e. The van der Waals surface area contributed by atoms with Gasteiger partial charge in [-0.05, 0) is 30.0 Å². The SMILES string of the molecule is CN(C)C(=O)c1ccc(CC2CCCCC2)c(O)c1. The zero-order chi connectivity index (χ0) is 13.8. The van der Waals surface area contributed by atoms with Gasteiger partial charge in [-0.3, -0.25) is 4.79 Å². The summed E-state index contributed by atoms with van der Waals surface area (Å²) in [6, 6.07) is 5.32. The fourth-order valence-electron chi connectivity index (χ4n) is 2.83. The number of carbonyl (C=O) groups excluding carboxylic acids is 1. The second-order valence-electron chi connectivity index (χ2n) is 5.75. The highest BCUT2D eigenvalue weighted by molar-refractivity contribution is 5.94. The molecule has 3 heteroatoms. The lowest BCUT2D eigenvalue weighted by molar-refractivity contribution is 0.0827. The van der Waals surface area contributed by atoms with Crippen molar-refractivity contribution in [1.82, 2.24) is 4.90 Å². The van der Waals surface area contributed by atoms with Crippen molar-refractivity contribution in [3.8, 4) is 5.75 Å². The Kier molecular flexibility index (Phi) is 4.46. The van der Waals surface area contributed by atoms with Gasteiger partial charge in [-0.1, -0.05) is 38.2 Å². The van der Waals surface area contributed by atoms with Crippen molar-refractivity contribution in [2.75, 3.05) is 14.1 Å². The van der Waals surface area contributed by atoms with E-state index in [1.54, 1.807) is 20.2 Å². The first-order chi connectivity index (χ1) is 9.08. The molecule has 1 amide bonds. The summed E-state index contributed by atoms with van der Waals surface area (Å²) in [5, 5.41) is 10.1. The lowest BCUT2D eigenvalue weighted by Crippen LogP contribution is -2.21. The molecule has 19 heavy (non-hydrogen) atoms. The maximum atomic E-state index is 11.8. The molecule has 1 aromatic carbocycles. The van der Waals surface area contributed by atoms with E-state index >= 15 is 0 Å². The highest BCUT2D eigenvalue weighted by atomic mass is 16.3. The molecule has 1 aliphatic carbocycles. The topological polar surface area (TPSA) is 40.5 Å². The monoisotopic (exact) mass is 261 g/mol. The Hall–Kier alpha value is -1.51. The number of benzene rings is 1. The molecule has 0 saturated heterocycles. The minimum Gasteiger partial charge on any atom is -0.508 e. The van der Waals surface area contributed by atoms with Crippen LogP contribution in [0.1, 0.15) is 48.0 Å². The lowest BCUT2D eigenvalue weighted by Gasteiger charge is -2.22. The molecule has 0 bridgehead atoms. The largest absolute Gasteiger partial charge is 0.508 e. The summed E-state index contributed by atoms with van der Waals surface area (Å²) in [6.45, 7) is 0. The Morgan fingerprint density at radius 1 is 1.26 bits per heavy atom. The van der Waals surface area contributed by atoms with Gasteiger partial charge in [0.1, 0.15) is 5.75 Å². The molecule has 0 radical (unpaired) electrons. The van der Waals surface area contributed by atoms with Crippen LogP contribution in [0.3, 0.4) is 0 Å². The predicted octanol–water partition coefficient (Wildman–Crippen LogP) is 3.22. The van der Waals surface area contributed by atoms with Crippen molar-refractivity contribution in [3.63, 3.8) is 0 Å². The molecule has 1 aromatic rings. The van der Waals surface area contributed by atoms with E-state index in [0.29, 0.717) is 11.5 Å². The van der Waals surface area contributed by atoms with Crippen LogP contribution < -0.4 is 0 Å². The van der Waals surface area contributed by atoms with E-state index in [2.05, 4.69) is 0 Å². The van der Waals surface area contributed by atoms with Gasteiger partial charge in [-0.2, -0.15) is 0 Å². The third-order valence-corrected chi connectivity index (χ3v) is 3.97. The number of hydrogen-bond acceptors (Lipinski definition) is 2. The first-order valence-electron chi connectivity index (χ1n) is 7.11. The number of phenolic OH excluding ortho intramolecular Hbond substituents is 1. The molecular formula is C16H23NO2. The minimum atomic E-state index is -0.0699. The zero-order valence-corrected chi connectivity index (χ0v) is 11.9. The number of aromatic hydroxyl groups is 1. The van der Waals surface area contributed by atoms with Crippen LogP contribution in [0.5, 0.6) is 5.75 Å². The minimum absolute atomic E-state index is 0.0699. The van der Waals surface area contributed by atoms with Gasteiger partial charge in [-0.25, -0.2) is 0 Å². The summed E-state index contributed by atoms with van der Waals surface area (Å²) in [4.78, 5) is 13.3. The van der Waals surface area contributed by atoms with E-state index in [9.17, 15) is 9.90 Å². The van der Waals surface area contributed by atoms with Crippen LogP contribution in [0.4, 0.5) is 0 Å². The van der Waals surface area contributed by atoms with E-state index < -0.39 is 0 Å². The van der Waals surface area contributed by atoms with E-state index in [4.69, 9.17) is 0 Å². The Bertz CT molecular complexity index is 448. The predicted molar refractivity (Wildman–Crippen MR) is 76.4 cm³/mol. The molecule has 1 saturated carbocycles. The van der Waals surface area contributed by atoms with Gasteiger partial charge in [0.2, 0.25) is 0 Å². The third kappa shape index (κ3) is 3.49. The quantitative estimate of drug-likeness (QED) is 0.907. The van der Waals surface area contributed by atoms with Crippen LogP contribution >= 0.6 is 0 Å². The number of rotatable bonds is 3. The molecule has 0 spiro atoms. The Balaban J connectivity index is 2.08. The number of nitrogens with zero attached hydrogens (tertiary/aromatic N) is 1. The smallest absolute Gasteiger partial charge is 0.253 e. The summed E-state index contributed by atoms with van der Waals surface area (Å²) in [7, 11) is 3.44. The van der Waals surface area contributed by atoms with E-state index in [1.165, 1.54) is 37.0 Å². The van der Waals surface area contributed by atoms with Crippen LogP contribution in [0, 0.1) is 5.92 Å². The average Bonchev–Trinajstić information content (AvgIpc) is 2.41. The molecule has 1 N–H and O–H groups in total. The molecule has 1 fully saturated rings. The zero-order valence-electron chi connectivity index (χ0n) is 11.9. The number of phenols is 1. The first-order valence-corrected chi connectivity index (χ1v) is 7.11. The molecule has 0 unspecified atom stereocenters. The van der Waals surface area contributed by atoms with Gasteiger partial charge in [0.25, 0.3) is 5.91 Å². The summed E-state index contributed by atoms with van der Waals surface area (Å²) < 4.78 is 0. The standard InChI is InChI=1S/C16H23NO2/c1-17(2)16(19)14-9-8-13(15(18)11-14)10-12-6-4-3-5-7-12/h8-9,11-12,18H,3-7,10H2,1-2H3.